The van der Waals surface area contributed by atoms with Crippen LogP contribution in [0.3, 0.4) is 0 Å². The van der Waals surface area contributed by atoms with E-state index < -0.39 is 10.0 Å². The van der Waals surface area contributed by atoms with E-state index in [1.54, 1.807) is 12.1 Å². The minimum absolute atomic E-state index is 0.0692. The quantitative estimate of drug-likeness (QED) is 0.483. The van der Waals surface area contributed by atoms with Crippen molar-refractivity contribution in [3.63, 3.8) is 0 Å². The average Bonchev–Trinajstić information content (AvgIpc) is 3.05. The van der Waals surface area contributed by atoms with Gasteiger partial charge in [-0.1, -0.05) is 66.2 Å². The molecule has 1 aromatic heterocycles. The molecule has 2 N–H and O–H groups in total. The van der Waals surface area contributed by atoms with Gasteiger partial charge in [-0.25, -0.2) is 13.6 Å². The molecule has 1 heterocycles. The Hall–Kier alpha value is -2.93. The molecule has 0 atom stereocenters. The minimum atomic E-state index is -3.75. The summed E-state index contributed by atoms with van der Waals surface area (Å²) in [7, 11) is -3.75. The Morgan fingerprint density at radius 3 is 2.10 bits per heavy atom. The number of hydrogen-bond acceptors (Lipinski definition) is 3. The molecule has 0 aliphatic heterocycles. The molecule has 0 unspecified atom stereocenters. The zero-order valence-electron chi connectivity index (χ0n) is 16.3. The Morgan fingerprint density at radius 1 is 0.900 bits per heavy atom. The van der Waals surface area contributed by atoms with Crippen molar-refractivity contribution in [2.45, 2.75) is 18.4 Å². The summed E-state index contributed by atoms with van der Waals surface area (Å²) < 4.78 is 25.2. The van der Waals surface area contributed by atoms with Gasteiger partial charge in [-0.3, -0.25) is 4.68 Å². The predicted octanol–water partition coefficient (Wildman–Crippen LogP) is 4.87. The van der Waals surface area contributed by atoms with E-state index in [0.29, 0.717) is 11.6 Å². The molecule has 0 saturated carbocycles. The van der Waals surface area contributed by atoms with Crippen LogP contribution in [-0.4, -0.2) is 18.2 Å². The fourth-order valence-corrected chi connectivity index (χ4v) is 4.06. The maximum Gasteiger partial charge on any atom is 0.238 e. The molecule has 3 aromatic carbocycles. The van der Waals surface area contributed by atoms with Gasteiger partial charge in [-0.2, -0.15) is 5.10 Å². The fraction of sp³-hybridized carbons (Fsp3) is 0.0870. The predicted molar refractivity (Wildman–Crippen MR) is 120 cm³/mol. The number of nitrogens with zero attached hydrogens (tertiary/aromatic N) is 2. The van der Waals surface area contributed by atoms with Gasteiger partial charge in [-0.05, 0) is 42.3 Å². The van der Waals surface area contributed by atoms with Gasteiger partial charge in [0, 0.05) is 21.8 Å². The molecular weight excluding hydrogens is 418 g/mol. The summed E-state index contributed by atoms with van der Waals surface area (Å²) in [6, 6.07) is 24.2. The highest BCUT2D eigenvalue weighted by Crippen LogP contribution is 2.35. The van der Waals surface area contributed by atoms with Crippen molar-refractivity contribution < 1.29 is 8.42 Å². The first-order valence-electron chi connectivity index (χ1n) is 9.33. The molecule has 30 heavy (non-hydrogen) atoms. The lowest BCUT2D eigenvalue weighted by atomic mass is 9.99. The van der Waals surface area contributed by atoms with E-state index in [4.69, 9.17) is 21.8 Å². The van der Waals surface area contributed by atoms with E-state index in [1.807, 2.05) is 54.1 Å². The van der Waals surface area contributed by atoms with Gasteiger partial charge in [0.2, 0.25) is 10.0 Å². The van der Waals surface area contributed by atoms with E-state index in [0.717, 1.165) is 33.6 Å². The Bertz CT molecular complexity index is 1280. The third-order valence-corrected chi connectivity index (χ3v) is 6.15. The summed E-state index contributed by atoms with van der Waals surface area (Å²) in [6.07, 6.45) is 0. The van der Waals surface area contributed by atoms with Crippen LogP contribution in [0.4, 0.5) is 0 Å². The molecule has 0 amide bonds. The summed E-state index contributed by atoms with van der Waals surface area (Å²) in [6.45, 7) is 2.66. The van der Waals surface area contributed by atoms with Crippen molar-refractivity contribution in [2.75, 3.05) is 0 Å². The molecular formula is C23H20ClN3O2S. The lowest BCUT2D eigenvalue weighted by Crippen LogP contribution is -2.11. The SMILES string of the molecule is Cc1c(-c2ccc(Cl)cc2)c(-c2ccc(S(N)(=O)=O)cc2)nn1Cc1ccccc1. The molecule has 0 aliphatic rings. The van der Waals surface area contributed by atoms with Crippen LogP contribution in [0.1, 0.15) is 11.3 Å². The molecule has 0 bridgehead atoms. The Labute approximate surface area is 180 Å². The van der Waals surface area contributed by atoms with Crippen molar-refractivity contribution in [1.29, 1.82) is 0 Å². The summed E-state index contributed by atoms with van der Waals surface area (Å²) in [5, 5.41) is 10.8. The summed E-state index contributed by atoms with van der Waals surface area (Å²) in [5.41, 5.74) is 5.69. The molecule has 0 spiro atoms. The molecule has 0 aliphatic carbocycles. The van der Waals surface area contributed by atoms with Gasteiger partial charge in [0.25, 0.3) is 0 Å². The first-order valence-corrected chi connectivity index (χ1v) is 11.3. The van der Waals surface area contributed by atoms with Crippen LogP contribution in [0.5, 0.6) is 0 Å². The summed E-state index contributed by atoms with van der Waals surface area (Å²) in [4.78, 5) is 0.0692. The molecule has 0 fully saturated rings. The van der Waals surface area contributed by atoms with Gasteiger partial charge in [-0.15, -0.1) is 0 Å². The van der Waals surface area contributed by atoms with Crippen LogP contribution in [0, 0.1) is 6.92 Å². The highest BCUT2D eigenvalue weighted by atomic mass is 35.5. The van der Waals surface area contributed by atoms with E-state index in [2.05, 4.69) is 12.1 Å². The van der Waals surface area contributed by atoms with Crippen LogP contribution in [0.25, 0.3) is 22.4 Å². The van der Waals surface area contributed by atoms with Crippen LogP contribution < -0.4 is 5.14 Å². The van der Waals surface area contributed by atoms with Gasteiger partial charge in [0.1, 0.15) is 5.69 Å². The number of hydrogen-bond donors (Lipinski definition) is 1. The highest BCUT2D eigenvalue weighted by molar-refractivity contribution is 7.89. The lowest BCUT2D eigenvalue weighted by Gasteiger charge is -2.07. The monoisotopic (exact) mass is 437 g/mol. The van der Waals surface area contributed by atoms with Crippen LogP contribution in [0.2, 0.25) is 5.02 Å². The molecule has 0 saturated heterocycles. The molecule has 5 nitrogen and oxygen atoms in total. The first-order chi connectivity index (χ1) is 14.3. The second-order valence-corrected chi connectivity index (χ2v) is 9.03. The van der Waals surface area contributed by atoms with Gasteiger partial charge < -0.3 is 0 Å². The van der Waals surface area contributed by atoms with Crippen molar-refractivity contribution in [1.82, 2.24) is 9.78 Å². The summed E-state index contributed by atoms with van der Waals surface area (Å²) >= 11 is 6.08. The lowest BCUT2D eigenvalue weighted by molar-refractivity contribution is 0.598. The second-order valence-electron chi connectivity index (χ2n) is 7.03. The largest absolute Gasteiger partial charge is 0.264 e. The van der Waals surface area contributed by atoms with Gasteiger partial charge in [0.15, 0.2) is 0 Å². The van der Waals surface area contributed by atoms with E-state index >= 15 is 0 Å². The smallest absolute Gasteiger partial charge is 0.238 e. The molecule has 7 heteroatoms. The zero-order valence-corrected chi connectivity index (χ0v) is 17.9. The molecule has 4 aromatic rings. The zero-order chi connectivity index (χ0) is 21.3. The fourth-order valence-electron chi connectivity index (χ4n) is 3.42. The van der Waals surface area contributed by atoms with E-state index in [1.165, 1.54) is 12.1 Å². The highest BCUT2D eigenvalue weighted by Gasteiger charge is 2.19. The van der Waals surface area contributed by atoms with Crippen molar-refractivity contribution >= 4 is 21.6 Å². The maximum absolute atomic E-state index is 11.6. The van der Waals surface area contributed by atoms with E-state index in [9.17, 15) is 8.42 Å². The van der Waals surface area contributed by atoms with Crippen LogP contribution >= 0.6 is 11.6 Å². The molecule has 4 rings (SSSR count). The van der Waals surface area contributed by atoms with Gasteiger partial charge >= 0.3 is 0 Å². The normalized spacial score (nSPS) is 11.6. The number of sulfonamides is 1. The topological polar surface area (TPSA) is 78.0 Å². The number of benzene rings is 3. The van der Waals surface area contributed by atoms with Crippen LogP contribution in [0.15, 0.2) is 83.8 Å². The standard InChI is InChI=1S/C23H20ClN3O2S/c1-16-22(18-7-11-20(24)12-8-18)23(19-9-13-21(14-10-19)30(25,28)29)26-27(16)15-17-5-3-2-4-6-17/h2-14H,15H2,1H3,(H2,25,28,29). The number of aromatic nitrogens is 2. The van der Waals surface area contributed by atoms with Crippen molar-refractivity contribution in [3.8, 4) is 22.4 Å². The second kappa shape index (κ2) is 8.07. The van der Waals surface area contributed by atoms with Crippen LogP contribution in [-0.2, 0) is 16.6 Å². The summed E-state index contributed by atoms with van der Waals surface area (Å²) in [5.74, 6) is 0. The van der Waals surface area contributed by atoms with E-state index in [-0.39, 0.29) is 4.90 Å². The van der Waals surface area contributed by atoms with Crippen molar-refractivity contribution in [3.05, 3.63) is 95.1 Å². The molecule has 0 radical (unpaired) electrons. The van der Waals surface area contributed by atoms with Gasteiger partial charge in [0.05, 0.1) is 11.4 Å². The molecule has 152 valence electrons. The first kappa shape index (κ1) is 20.3. The third-order valence-electron chi connectivity index (χ3n) is 4.97. The number of rotatable bonds is 5. The minimum Gasteiger partial charge on any atom is -0.264 e. The Kier molecular flexibility index (Phi) is 5.47. The Balaban J connectivity index is 1.85. The third kappa shape index (κ3) is 4.16. The number of nitrogens with two attached hydrogens (primary N) is 1. The number of halogens is 1. The Morgan fingerprint density at radius 2 is 1.50 bits per heavy atom. The maximum atomic E-state index is 11.6. The van der Waals surface area contributed by atoms with Crippen molar-refractivity contribution in [2.24, 2.45) is 5.14 Å². The number of primary sulfonamides is 1. The average molecular weight is 438 g/mol.